The Morgan fingerprint density at radius 2 is 2.15 bits per heavy atom. The van der Waals surface area contributed by atoms with E-state index in [1.54, 1.807) is 0 Å². The van der Waals surface area contributed by atoms with Crippen molar-refractivity contribution >= 4 is 22.6 Å². The lowest BCUT2D eigenvalue weighted by Crippen LogP contribution is -2.51. The lowest BCUT2D eigenvalue weighted by Gasteiger charge is -2.53. The van der Waals surface area contributed by atoms with Gasteiger partial charge in [-0.05, 0) is 49.9 Å². The number of hydrogen-bond donors (Lipinski definition) is 0. The van der Waals surface area contributed by atoms with Crippen molar-refractivity contribution < 1.29 is 14.3 Å². The number of piperidine rings is 1. The van der Waals surface area contributed by atoms with Crippen molar-refractivity contribution in [2.75, 3.05) is 27.0 Å². The van der Waals surface area contributed by atoms with E-state index in [1.165, 1.54) is 30.2 Å². The monoisotopic (exact) mass is 366 g/mol. The smallest absolute Gasteiger partial charge is 0.357 e. The summed E-state index contributed by atoms with van der Waals surface area (Å²) < 4.78 is 12.6. The summed E-state index contributed by atoms with van der Waals surface area (Å²) in [5, 5.41) is 1.27. The first-order valence-corrected chi connectivity index (χ1v) is 9.96. The molecule has 1 saturated heterocycles. The molecule has 3 aliphatic rings. The van der Waals surface area contributed by atoms with E-state index in [1.807, 2.05) is 0 Å². The Bertz CT molecular complexity index is 944. The topological polar surface area (TPSA) is 43.7 Å². The van der Waals surface area contributed by atoms with Gasteiger partial charge in [0.2, 0.25) is 0 Å². The average molecular weight is 366 g/mol. The SMILES string of the molecule is CC[C@]12C=C(C(=O)OCOC)n3c4c(c5ccccc53)CCN(CCC1)[C@@H]42. The van der Waals surface area contributed by atoms with Gasteiger partial charge >= 0.3 is 5.97 Å². The molecule has 142 valence electrons. The van der Waals surface area contributed by atoms with Crippen LogP contribution in [0.4, 0.5) is 0 Å². The van der Waals surface area contributed by atoms with Crippen molar-refractivity contribution in [3.8, 4) is 0 Å². The molecule has 0 radical (unpaired) electrons. The minimum absolute atomic E-state index is 0.000773. The van der Waals surface area contributed by atoms with E-state index in [2.05, 4.69) is 46.7 Å². The number of aromatic nitrogens is 1. The third-order valence-electron chi connectivity index (χ3n) is 6.77. The second-order valence-corrected chi connectivity index (χ2v) is 7.96. The first-order chi connectivity index (χ1) is 13.2. The van der Waals surface area contributed by atoms with Crippen LogP contribution in [0, 0.1) is 5.41 Å². The van der Waals surface area contributed by atoms with Gasteiger partial charge in [-0.25, -0.2) is 4.79 Å². The summed E-state index contributed by atoms with van der Waals surface area (Å²) in [4.78, 5) is 15.6. The van der Waals surface area contributed by atoms with Crippen LogP contribution < -0.4 is 0 Å². The molecule has 5 rings (SSSR count). The molecule has 1 aromatic heterocycles. The average Bonchev–Trinajstić information content (AvgIpc) is 3.05. The van der Waals surface area contributed by atoms with Crippen molar-refractivity contribution in [2.24, 2.45) is 5.41 Å². The molecule has 4 heterocycles. The third kappa shape index (κ3) is 2.28. The van der Waals surface area contributed by atoms with E-state index >= 15 is 0 Å². The Kier molecular flexibility index (Phi) is 3.92. The van der Waals surface area contributed by atoms with E-state index in [0.717, 1.165) is 37.9 Å². The molecule has 0 bridgehead atoms. The molecule has 0 unspecified atom stereocenters. The summed E-state index contributed by atoms with van der Waals surface area (Å²) in [6, 6.07) is 8.82. The third-order valence-corrected chi connectivity index (χ3v) is 6.77. The zero-order valence-corrected chi connectivity index (χ0v) is 16.0. The number of rotatable bonds is 4. The number of methoxy groups -OCH3 is 1. The number of benzene rings is 1. The minimum atomic E-state index is -0.297. The molecular formula is C22H26N2O3. The number of carbonyl (C=O) groups excluding carboxylic acids is 1. The Balaban J connectivity index is 1.79. The molecule has 3 aliphatic heterocycles. The Labute approximate surface area is 159 Å². The molecule has 2 aromatic rings. The first-order valence-electron chi connectivity index (χ1n) is 9.96. The van der Waals surface area contributed by atoms with Gasteiger partial charge in [0.1, 0.15) is 5.70 Å². The number of carbonyl (C=O) groups is 1. The molecule has 2 atom stereocenters. The highest BCUT2D eigenvalue weighted by atomic mass is 16.7. The van der Waals surface area contributed by atoms with Crippen LogP contribution in [0.5, 0.6) is 0 Å². The van der Waals surface area contributed by atoms with Crippen molar-refractivity contribution in [3.05, 3.63) is 41.6 Å². The Hall–Kier alpha value is -2.11. The van der Waals surface area contributed by atoms with Crippen molar-refractivity contribution in [1.82, 2.24) is 9.47 Å². The van der Waals surface area contributed by atoms with E-state index in [9.17, 15) is 4.79 Å². The summed E-state index contributed by atoms with van der Waals surface area (Å²) in [6.07, 6.45) is 6.58. The maximum atomic E-state index is 13.0. The maximum Gasteiger partial charge on any atom is 0.357 e. The van der Waals surface area contributed by atoms with Gasteiger partial charge in [0.15, 0.2) is 6.79 Å². The molecule has 27 heavy (non-hydrogen) atoms. The Morgan fingerprint density at radius 1 is 1.30 bits per heavy atom. The van der Waals surface area contributed by atoms with Crippen LogP contribution in [0.3, 0.4) is 0 Å². The fourth-order valence-electron chi connectivity index (χ4n) is 5.62. The van der Waals surface area contributed by atoms with Gasteiger partial charge in [-0.2, -0.15) is 0 Å². The van der Waals surface area contributed by atoms with Gasteiger partial charge in [-0.1, -0.05) is 25.1 Å². The van der Waals surface area contributed by atoms with E-state index in [0.29, 0.717) is 11.7 Å². The predicted molar refractivity (Wildman–Crippen MR) is 104 cm³/mol. The van der Waals surface area contributed by atoms with Crippen LogP contribution in [0.2, 0.25) is 0 Å². The number of esters is 1. The second-order valence-electron chi connectivity index (χ2n) is 7.96. The molecule has 0 spiro atoms. The van der Waals surface area contributed by atoms with Gasteiger partial charge < -0.3 is 14.0 Å². The van der Waals surface area contributed by atoms with Gasteiger partial charge in [0.25, 0.3) is 0 Å². The van der Waals surface area contributed by atoms with Gasteiger partial charge in [-0.15, -0.1) is 0 Å². The van der Waals surface area contributed by atoms with Crippen molar-refractivity contribution in [1.29, 1.82) is 0 Å². The minimum Gasteiger partial charge on any atom is -0.434 e. The number of fused-ring (bicyclic) bond motifs is 3. The zero-order valence-electron chi connectivity index (χ0n) is 16.0. The van der Waals surface area contributed by atoms with E-state index in [4.69, 9.17) is 9.47 Å². The standard InChI is InChI=1S/C22H26N2O3/c1-3-22-10-6-11-23-12-9-16-15-7-4-5-8-17(15)24(19(16)20(22)23)18(13-22)21(25)27-14-26-2/h4-5,7-8,13,20H,3,6,9-12,14H2,1-2H3/t20-,22+/m0/s1. The molecular weight excluding hydrogens is 340 g/mol. The summed E-state index contributed by atoms with van der Waals surface area (Å²) in [7, 11) is 1.54. The van der Waals surface area contributed by atoms with E-state index < -0.39 is 0 Å². The molecule has 1 fully saturated rings. The maximum absolute atomic E-state index is 13.0. The molecule has 5 heteroatoms. The largest absolute Gasteiger partial charge is 0.434 e. The molecule has 0 N–H and O–H groups in total. The lowest BCUT2D eigenvalue weighted by atomic mass is 9.66. The van der Waals surface area contributed by atoms with Crippen LogP contribution >= 0.6 is 0 Å². The van der Waals surface area contributed by atoms with Crippen LogP contribution in [-0.2, 0) is 20.7 Å². The summed E-state index contributed by atoms with van der Waals surface area (Å²) in [5.41, 5.74) is 4.50. The van der Waals surface area contributed by atoms with Gasteiger partial charge in [-0.3, -0.25) is 4.90 Å². The van der Waals surface area contributed by atoms with Crippen LogP contribution in [0.15, 0.2) is 30.3 Å². The highest BCUT2D eigenvalue weighted by molar-refractivity contribution is 6.13. The van der Waals surface area contributed by atoms with Crippen molar-refractivity contribution in [3.63, 3.8) is 0 Å². The second kappa shape index (κ2) is 6.21. The lowest BCUT2D eigenvalue weighted by molar-refractivity contribution is -0.147. The highest BCUT2D eigenvalue weighted by Crippen LogP contribution is 2.57. The summed E-state index contributed by atoms with van der Waals surface area (Å²) in [6.45, 7) is 4.48. The molecule has 0 saturated carbocycles. The van der Waals surface area contributed by atoms with Crippen LogP contribution in [-0.4, -0.2) is 42.4 Å². The van der Waals surface area contributed by atoms with Gasteiger partial charge in [0, 0.05) is 30.1 Å². The highest BCUT2D eigenvalue weighted by Gasteiger charge is 2.51. The zero-order chi connectivity index (χ0) is 18.6. The first kappa shape index (κ1) is 17.0. The number of ether oxygens (including phenoxy) is 2. The van der Waals surface area contributed by atoms with Gasteiger partial charge in [0.05, 0.1) is 11.6 Å². The molecule has 5 nitrogen and oxygen atoms in total. The van der Waals surface area contributed by atoms with Crippen LogP contribution in [0.25, 0.3) is 16.6 Å². The molecule has 0 aliphatic carbocycles. The number of para-hydroxylation sites is 1. The summed E-state index contributed by atoms with van der Waals surface area (Å²) in [5.74, 6) is -0.297. The summed E-state index contributed by atoms with van der Waals surface area (Å²) >= 11 is 0. The fourth-order valence-corrected chi connectivity index (χ4v) is 5.62. The normalized spacial score (nSPS) is 26.6. The number of hydrogen-bond acceptors (Lipinski definition) is 4. The fraction of sp³-hybridized carbons (Fsp3) is 0.500. The Morgan fingerprint density at radius 3 is 2.96 bits per heavy atom. The van der Waals surface area contributed by atoms with E-state index in [-0.39, 0.29) is 18.2 Å². The molecule has 0 amide bonds. The predicted octanol–water partition coefficient (Wildman–Crippen LogP) is 3.73. The molecule has 1 aromatic carbocycles. The van der Waals surface area contributed by atoms with Crippen molar-refractivity contribution in [2.45, 2.75) is 38.6 Å². The quantitative estimate of drug-likeness (QED) is 0.611. The van der Waals surface area contributed by atoms with Crippen LogP contribution in [0.1, 0.15) is 43.5 Å². The number of nitrogens with zero attached hydrogens (tertiary/aromatic N) is 2.